The number of carbonyl (C=O) groups excluding carboxylic acids is 2. The number of esters is 1. The van der Waals surface area contributed by atoms with Crippen LogP contribution < -0.4 is 10.1 Å². The van der Waals surface area contributed by atoms with Crippen molar-refractivity contribution in [1.29, 1.82) is 0 Å². The fourth-order valence-corrected chi connectivity index (χ4v) is 3.70. The van der Waals surface area contributed by atoms with Gasteiger partial charge in [-0.25, -0.2) is 9.31 Å². The summed E-state index contributed by atoms with van der Waals surface area (Å²) in [5.74, 6) is -1.22. The molecule has 2 aromatic heterocycles. The fraction of sp³-hybridized carbons (Fsp3) is 0.130. The largest absolute Gasteiger partial charge is 0.573 e. The molecule has 0 aliphatic carbocycles. The smallest absolute Gasteiger partial charge is 0.453 e. The molecule has 0 radical (unpaired) electrons. The maximum absolute atomic E-state index is 12.5. The van der Waals surface area contributed by atoms with Crippen LogP contribution in [0, 0.1) is 0 Å². The molecule has 0 bridgehead atoms. The van der Waals surface area contributed by atoms with Crippen molar-refractivity contribution in [2.24, 2.45) is 0 Å². The number of rotatable bonds is 5. The van der Waals surface area contributed by atoms with E-state index in [2.05, 4.69) is 20.1 Å². The van der Waals surface area contributed by atoms with Gasteiger partial charge in [0.2, 0.25) is 11.9 Å². The summed E-state index contributed by atoms with van der Waals surface area (Å²) in [5, 5.41) is 6.79. The van der Waals surface area contributed by atoms with Crippen LogP contribution in [0.4, 0.5) is 19.1 Å². The number of carbonyl (C=O) groups is 2. The molecule has 8 nitrogen and oxygen atoms in total. The van der Waals surface area contributed by atoms with E-state index < -0.39 is 24.3 Å². The van der Waals surface area contributed by atoms with Gasteiger partial charge in [0, 0.05) is 17.3 Å². The number of alkyl halides is 3. The second-order valence-electron chi connectivity index (χ2n) is 7.47. The van der Waals surface area contributed by atoms with Gasteiger partial charge in [-0.3, -0.25) is 10.1 Å². The number of halogens is 3. The predicted molar refractivity (Wildman–Crippen MR) is 113 cm³/mol. The maximum atomic E-state index is 12.5. The fourth-order valence-electron chi connectivity index (χ4n) is 3.70. The molecule has 172 valence electrons. The minimum absolute atomic E-state index is 0.0360. The van der Waals surface area contributed by atoms with E-state index in [-0.39, 0.29) is 18.1 Å². The molecule has 1 amide bonds. The molecule has 0 unspecified atom stereocenters. The highest BCUT2D eigenvalue weighted by Crippen LogP contribution is 2.33. The number of aromatic nitrogens is 3. The highest BCUT2D eigenvalue weighted by Gasteiger charge is 2.32. The minimum Gasteiger partial charge on any atom is -0.453 e. The molecule has 3 heterocycles. The van der Waals surface area contributed by atoms with Gasteiger partial charge < -0.3 is 9.47 Å². The Morgan fingerprint density at radius 3 is 2.74 bits per heavy atom. The number of hydrogen-bond acceptors (Lipinski definition) is 6. The first-order valence-electron chi connectivity index (χ1n) is 10.1. The highest BCUT2D eigenvalue weighted by atomic mass is 19.4. The number of ether oxygens (including phenoxy) is 2. The highest BCUT2D eigenvalue weighted by molar-refractivity contribution is 5.96. The Hall–Kier alpha value is -4.41. The van der Waals surface area contributed by atoms with Gasteiger partial charge in [0.1, 0.15) is 11.9 Å². The van der Waals surface area contributed by atoms with Crippen molar-refractivity contribution >= 4 is 23.5 Å². The van der Waals surface area contributed by atoms with E-state index in [1.165, 1.54) is 22.7 Å². The first-order valence-corrected chi connectivity index (χ1v) is 10.1. The molecule has 0 spiro atoms. The van der Waals surface area contributed by atoms with E-state index in [4.69, 9.17) is 4.74 Å². The Bertz CT molecular complexity index is 1420. The van der Waals surface area contributed by atoms with Crippen molar-refractivity contribution in [3.05, 3.63) is 78.0 Å². The monoisotopic (exact) mass is 468 g/mol. The summed E-state index contributed by atoms with van der Waals surface area (Å²) in [6.07, 6.45) is -4.02. The summed E-state index contributed by atoms with van der Waals surface area (Å²) >= 11 is 0. The zero-order valence-corrected chi connectivity index (χ0v) is 17.2. The zero-order chi connectivity index (χ0) is 23.9. The number of hydrogen-bond donors (Lipinski definition) is 1. The van der Waals surface area contributed by atoms with Crippen molar-refractivity contribution in [2.45, 2.75) is 18.9 Å². The number of benzene rings is 2. The van der Waals surface area contributed by atoms with Crippen molar-refractivity contribution < 1.29 is 32.2 Å². The van der Waals surface area contributed by atoms with E-state index in [0.717, 1.165) is 0 Å². The van der Waals surface area contributed by atoms with Crippen molar-refractivity contribution in [3.8, 4) is 16.9 Å². The van der Waals surface area contributed by atoms with Crippen LogP contribution in [0.25, 0.3) is 16.8 Å². The number of nitrogens with one attached hydrogen (secondary N) is 1. The van der Waals surface area contributed by atoms with E-state index in [0.29, 0.717) is 27.9 Å². The van der Waals surface area contributed by atoms with Crippen LogP contribution in [0.3, 0.4) is 0 Å². The van der Waals surface area contributed by atoms with Gasteiger partial charge in [0.25, 0.3) is 0 Å². The Balaban J connectivity index is 1.31. The summed E-state index contributed by atoms with van der Waals surface area (Å²) in [5.41, 5.74) is 2.54. The molecule has 34 heavy (non-hydrogen) atoms. The van der Waals surface area contributed by atoms with E-state index in [1.54, 1.807) is 48.7 Å². The first-order chi connectivity index (χ1) is 16.2. The average Bonchev–Trinajstić information content (AvgIpc) is 3.32. The molecule has 0 saturated heterocycles. The van der Waals surface area contributed by atoms with Gasteiger partial charge >= 0.3 is 12.3 Å². The lowest BCUT2D eigenvalue weighted by Gasteiger charge is -2.10. The molecule has 1 aliphatic rings. The molecule has 2 aromatic carbocycles. The number of cyclic esters (lactones) is 1. The lowest BCUT2D eigenvalue weighted by atomic mass is 10.0. The number of pyridine rings is 1. The van der Waals surface area contributed by atoms with Crippen LogP contribution in [-0.4, -0.2) is 32.8 Å². The summed E-state index contributed by atoms with van der Waals surface area (Å²) in [6.45, 7) is 0. The number of nitrogens with zero attached hydrogens (tertiary/aromatic N) is 3. The molecule has 0 fully saturated rings. The third-order valence-electron chi connectivity index (χ3n) is 5.13. The molecule has 4 aromatic rings. The van der Waals surface area contributed by atoms with Gasteiger partial charge in [0.05, 0.1) is 12.0 Å². The van der Waals surface area contributed by atoms with Gasteiger partial charge in [-0.1, -0.05) is 30.3 Å². The zero-order valence-electron chi connectivity index (χ0n) is 17.2. The molecule has 5 rings (SSSR count). The lowest BCUT2D eigenvalue weighted by Crippen LogP contribution is -2.17. The Morgan fingerprint density at radius 2 is 1.91 bits per heavy atom. The molecule has 1 N–H and O–H groups in total. The van der Waals surface area contributed by atoms with Crippen molar-refractivity contribution in [1.82, 2.24) is 14.6 Å². The third kappa shape index (κ3) is 4.40. The minimum atomic E-state index is -4.79. The van der Waals surface area contributed by atoms with Gasteiger partial charge in [-0.2, -0.15) is 4.98 Å². The molecule has 1 aliphatic heterocycles. The van der Waals surface area contributed by atoms with Crippen LogP contribution in [0.2, 0.25) is 0 Å². The van der Waals surface area contributed by atoms with Crippen LogP contribution in [0.5, 0.6) is 5.75 Å². The third-order valence-corrected chi connectivity index (χ3v) is 5.13. The molecular formula is C23H15F3N4O4. The van der Waals surface area contributed by atoms with Gasteiger partial charge in [-0.05, 0) is 35.9 Å². The Kier molecular flexibility index (Phi) is 5.16. The van der Waals surface area contributed by atoms with Crippen LogP contribution >= 0.6 is 0 Å². The topological polar surface area (TPSA) is 94.8 Å². The van der Waals surface area contributed by atoms with E-state index in [1.807, 2.05) is 0 Å². The molecular weight excluding hydrogens is 453 g/mol. The van der Waals surface area contributed by atoms with Crippen molar-refractivity contribution in [3.63, 3.8) is 0 Å². The quantitative estimate of drug-likeness (QED) is 0.433. The van der Waals surface area contributed by atoms with Crippen molar-refractivity contribution in [2.75, 3.05) is 5.32 Å². The Labute approximate surface area is 189 Å². The predicted octanol–water partition coefficient (Wildman–Crippen LogP) is 4.54. The second-order valence-corrected chi connectivity index (χ2v) is 7.47. The van der Waals surface area contributed by atoms with Crippen LogP contribution in [0.1, 0.15) is 28.4 Å². The van der Waals surface area contributed by atoms with E-state index >= 15 is 0 Å². The SMILES string of the molecule is O=C(C[C@H]1OC(=O)c2ccccc21)Nc1nc2ccc(-c3cccc(OC(F)(F)F)c3)cn2n1. The van der Waals surface area contributed by atoms with Gasteiger partial charge in [0.15, 0.2) is 5.65 Å². The number of amides is 1. The lowest BCUT2D eigenvalue weighted by molar-refractivity contribution is -0.274. The summed E-state index contributed by atoms with van der Waals surface area (Å²) in [6, 6.07) is 15.7. The summed E-state index contributed by atoms with van der Waals surface area (Å²) in [7, 11) is 0. The first kappa shape index (κ1) is 21.4. The Morgan fingerprint density at radius 1 is 1.09 bits per heavy atom. The summed E-state index contributed by atoms with van der Waals surface area (Å²) < 4.78 is 48.2. The molecule has 0 saturated carbocycles. The molecule has 1 atom stereocenters. The van der Waals surface area contributed by atoms with Crippen LogP contribution in [0.15, 0.2) is 66.9 Å². The standard InChI is InChI=1S/C23H15F3N4O4/c24-23(25,26)34-15-5-3-4-13(10-15)14-8-9-19-27-22(29-30(19)12-14)28-20(31)11-18-16-6-1-2-7-17(16)21(32)33-18/h1-10,12,18H,11H2,(H,28,29,31)/t18-/m1/s1. The normalized spacial score (nSPS) is 15.1. The van der Waals surface area contributed by atoms with Crippen LogP contribution in [-0.2, 0) is 9.53 Å². The summed E-state index contributed by atoms with van der Waals surface area (Å²) in [4.78, 5) is 28.7. The second kappa shape index (κ2) is 8.18. The number of fused-ring (bicyclic) bond motifs is 2. The van der Waals surface area contributed by atoms with Gasteiger partial charge in [-0.15, -0.1) is 18.3 Å². The van der Waals surface area contributed by atoms with E-state index in [9.17, 15) is 22.8 Å². The maximum Gasteiger partial charge on any atom is 0.573 e. The number of anilines is 1. The molecule has 11 heteroatoms. The average molecular weight is 468 g/mol.